The molecule has 0 radical (unpaired) electrons. The molecular formula is C17H30N2O16S6-4. The first-order chi connectivity index (χ1) is 18.1. The van der Waals surface area contributed by atoms with Crippen LogP contribution in [0.4, 0.5) is 0 Å². The van der Waals surface area contributed by atoms with Crippen molar-refractivity contribution in [3.63, 3.8) is 0 Å². The molecule has 0 unspecified atom stereocenters. The summed E-state index contributed by atoms with van der Waals surface area (Å²) in [5.41, 5.74) is 0. The maximum absolute atomic E-state index is 11.1. The minimum atomic E-state index is -4.41. The zero-order valence-electron chi connectivity index (χ0n) is 22.5. The summed E-state index contributed by atoms with van der Waals surface area (Å²) in [6.07, 6.45) is 1.99. The third-order valence-electron chi connectivity index (χ3n) is 2.98. The SMILES string of the molecule is CC(=O)OCS(=O)(=O)[O-].CCC.CCS(=O)(=O)[N-]S(C)(=O)=O.CCS(=O)(=O)[O-].O=S1(=O)[N-]S(=O)(=O)c2ccccc21. The van der Waals surface area contributed by atoms with E-state index in [1.54, 1.807) is 0 Å². The van der Waals surface area contributed by atoms with Crippen molar-refractivity contribution < 1.29 is 69.1 Å². The molecule has 1 aliphatic rings. The number of benzene rings is 1. The lowest BCUT2D eigenvalue weighted by molar-refractivity contribution is -0.139. The van der Waals surface area contributed by atoms with Crippen LogP contribution in [0.5, 0.6) is 0 Å². The van der Waals surface area contributed by atoms with E-state index < -0.39 is 72.2 Å². The number of carbonyl (C=O) groups is 1. The molecule has 244 valence electrons. The molecular weight excluding hydrogens is 681 g/mol. The van der Waals surface area contributed by atoms with Crippen LogP contribution in [0.1, 0.15) is 41.0 Å². The topological polar surface area (TPSA) is 305 Å². The van der Waals surface area contributed by atoms with Gasteiger partial charge in [-0.15, -0.1) is 0 Å². The first kappa shape index (κ1) is 43.7. The molecule has 2 rings (SSSR count). The fourth-order valence-corrected chi connectivity index (χ4v) is 7.34. The lowest BCUT2D eigenvalue weighted by atomic mass is 10.4. The van der Waals surface area contributed by atoms with Gasteiger partial charge in [-0.2, -0.15) is 0 Å². The average Bonchev–Trinajstić information content (AvgIpc) is 2.96. The second-order valence-corrected chi connectivity index (χ2v) is 17.2. The number of nitrogens with zero attached hydrogens (tertiary/aromatic N) is 2. The summed E-state index contributed by atoms with van der Waals surface area (Å²) in [6.45, 7) is 7.90. The van der Waals surface area contributed by atoms with Crippen molar-refractivity contribution in [1.82, 2.24) is 0 Å². The molecule has 1 heterocycles. The van der Waals surface area contributed by atoms with Crippen LogP contribution < -0.4 is 0 Å². The molecule has 24 heteroatoms. The van der Waals surface area contributed by atoms with Gasteiger partial charge in [0.05, 0.1) is 40.0 Å². The predicted octanol–water partition coefficient (Wildman–Crippen LogP) is 0.141. The van der Waals surface area contributed by atoms with Crippen LogP contribution in [0.3, 0.4) is 0 Å². The third kappa shape index (κ3) is 24.5. The van der Waals surface area contributed by atoms with Crippen LogP contribution >= 0.6 is 0 Å². The quantitative estimate of drug-likeness (QED) is 0.280. The highest BCUT2D eigenvalue weighted by Crippen LogP contribution is 2.37. The Kier molecular flexibility index (Phi) is 19.2. The van der Waals surface area contributed by atoms with E-state index in [9.17, 15) is 64.4 Å². The Morgan fingerprint density at radius 3 is 1.32 bits per heavy atom. The second kappa shape index (κ2) is 18.0. The lowest BCUT2D eigenvalue weighted by Crippen LogP contribution is -2.10. The number of fused-ring (bicyclic) bond motifs is 1. The van der Waals surface area contributed by atoms with Gasteiger partial charge < -0.3 is 22.1 Å². The van der Waals surface area contributed by atoms with Gasteiger partial charge in [-0.05, 0) is 12.1 Å². The standard InChI is InChI=1S/C6H4NO4S2.C3H8NO4S2.C3H6O5S.C3H8.C2H6O3S/c8-12(9)5-3-1-2-4-6(5)13(10,11)7-12;1-3-10(7,8)4-9(2,5)6;1-3(4)8-2-9(5,6)7;1-3-2;1-2-6(3,4)5/h1-4H;3H2,1-2H3;2H2,1H3,(H,5,6,7);3H2,1-2H3;2H2,1H3,(H,3,4,5)/q2*-1;;;/p-2. The van der Waals surface area contributed by atoms with E-state index in [0.717, 1.165) is 13.2 Å². The number of hydrogen-bond donors (Lipinski definition) is 0. The Morgan fingerprint density at radius 2 is 1.15 bits per heavy atom. The fraction of sp³-hybridized carbons (Fsp3) is 0.588. The van der Waals surface area contributed by atoms with E-state index in [1.807, 2.05) is 0 Å². The minimum Gasteiger partial charge on any atom is -0.748 e. The largest absolute Gasteiger partial charge is 0.748 e. The van der Waals surface area contributed by atoms with Crippen molar-refractivity contribution >= 4 is 66.3 Å². The molecule has 0 bridgehead atoms. The van der Waals surface area contributed by atoms with Gasteiger partial charge in [0.15, 0.2) is 5.94 Å². The summed E-state index contributed by atoms with van der Waals surface area (Å²) in [5, 5.41) is 0. The number of carbonyl (C=O) groups excluding carboxylic acids is 1. The summed E-state index contributed by atoms with van der Waals surface area (Å²) in [6, 6.07) is 5.34. The predicted molar refractivity (Wildman–Crippen MR) is 144 cm³/mol. The number of ether oxygens (including phenoxy) is 1. The molecule has 18 nitrogen and oxygen atoms in total. The number of esters is 1. The van der Waals surface area contributed by atoms with E-state index in [2.05, 4.69) is 26.8 Å². The second-order valence-electron chi connectivity index (χ2n) is 7.01. The van der Waals surface area contributed by atoms with Crippen LogP contribution in [-0.4, -0.2) is 89.3 Å². The molecule has 0 atom stereocenters. The zero-order chi connectivity index (χ0) is 33.5. The van der Waals surface area contributed by atoms with Crippen molar-refractivity contribution in [2.75, 3.05) is 23.7 Å². The number of hydrogen-bond acceptors (Lipinski definition) is 16. The summed E-state index contributed by atoms with van der Waals surface area (Å²) >= 11 is 0. The zero-order valence-corrected chi connectivity index (χ0v) is 27.4. The molecule has 0 fully saturated rings. The highest BCUT2D eigenvalue weighted by atomic mass is 32.3. The van der Waals surface area contributed by atoms with Crippen molar-refractivity contribution in [3.05, 3.63) is 32.5 Å². The molecule has 1 aliphatic heterocycles. The average molecular weight is 711 g/mol. The Balaban J connectivity index is -0.000000470. The minimum absolute atomic E-state index is 0.241. The van der Waals surface area contributed by atoms with Crippen molar-refractivity contribution in [2.45, 2.75) is 50.8 Å². The van der Waals surface area contributed by atoms with Crippen LogP contribution in [0, 0.1) is 0 Å². The normalized spacial score (nSPS) is 14.9. The Labute approximate surface area is 241 Å². The maximum Gasteiger partial charge on any atom is 0.303 e. The molecule has 41 heavy (non-hydrogen) atoms. The summed E-state index contributed by atoms with van der Waals surface area (Å²) in [5.74, 6) is -2.47. The molecule has 0 spiro atoms. The van der Waals surface area contributed by atoms with Gasteiger partial charge in [0.2, 0.25) is 0 Å². The van der Waals surface area contributed by atoms with Crippen LogP contribution in [0.25, 0.3) is 8.25 Å². The Hall–Kier alpha value is -1.77. The summed E-state index contributed by atoms with van der Waals surface area (Å²) in [7, 11) is -23.8. The van der Waals surface area contributed by atoms with Gasteiger partial charge in [-0.1, -0.05) is 46.2 Å². The Morgan fingerprint density at radius 1 is 0.805 bits per heavy atom. The van der Waals surface area contributed by atoms with E-state index in [0.29, 0.717) is 0 Å². The van der Waals surface area contributed by atoms with Gasteiger partial charge in [-0.3, -0.25) is 4.79 Å². The maximum atomic E-state index is 11.1. The van der Waals surface area contributed by atoms with Gasteiger partial charge in [-0.25, -0.2) is 50.5 Å². The fourth-order valence-electron chi connectivity index (χ4n) is 1.50. The summed E-state index contributed by atoms with van der Waals surface area (Å²) in [4.78, 5) is 9.38. The van der Waals surface area contributed by atoms with Crippen molar-refractivity contribution in [1.29, 1.82) is 0 Å². The molecule has 0 aliphatic carbocycles. The van der Waals surface area contributed by atoms with Crippen LogP contribution in [0.15, 0.2) is 34.1 Å². The van der Waals surface area contributed by atoms with Crippen LogP contribution in [-0.2, 0) is 69.9 Å². The highest BCUT2D eigenvalue weighted by molar-refractivity contribution is 8.14. The molecule has 0 saturated heterocycles. The molecule has 0 amide bonds. The molecule has 0 aromatic heterocycles. The smallest absolute Gasteiger partial charge is 0.303 e. The van der Waals surface area contributed by atoms with Crippen molar-refractivity contribution in [2.24, 2.45) is 0 Å². The molecule has 0 N–H and O–H groups in total. The Bertz CT molecular complexity index is 1580. The molecule has 1 aromatic carbocycles. The lowest BCUT2D eigenvalue weighted by Gasteiger charge is -2.14. The van der Waals surface area contributed by atoms with Gasteiger partial charge in [0.25, 0.3) is 0 Å². The molecule has 0 saturated carbocycles. The van der Waals surface area contributed by atoms with Crippen molar-refractivity contribution in [3.8, 4) is 0 Å². The van der Waals surface area contributed by atoms with Gasteiger partial charge in [0, 0.05) is 24.7 Å². The van der Waals surface area contributed by atoms with E-state index in [4.69, 9.17) is 0 Å². The van der Waals surface area contributed by atoms with E-state index >= 15 is 0 Å². The molecule has 1 aromatic rings. The summed E-state index contributed by atoms with van der Waals surface area (Å²) < 4.78 is 153. The first-order valence-electron chi connectivity index (χ1n) is 10.6. The van der Waals surface area contributed by atoms with Gasteiger partial charge in [0.1, 0.15) is 30.2 Å². The highest BCUT2D eigenvalue weighted by Gasteiger charge is 2.26. The number of rotatable bonds is 6. The third-order valence-corrected chi connectivity index (χ3v) is 10.3. The van der Waals surface area contributed by atoms with Crippen LogP contribution in [0.2, 0.25) is 0 Å². The van der Waals surface area contributed by atoms with E-state index in [-0.39, 0.29) is 21.3 Å². The monoisotopic (exact) mass is 710 g/mol. The van der Waals surface area contributed by atoms with Gasteiger partial charge >= 0.3 is 5.97 Å². The number of sulfonamides is 4. The first-order valence-corrected chi connectivity index (χ1v) is 20.1. The van der Waals surface area contributed by atoms with E-state index in [1.165, 1.54) is 44.5 Å².